The maximum Gasteiger partial charge on any atom is 0.231 e. The standard InChI is InChI=1S/C21H27F2N3O2S/c22-16-13-17(23)19-18(14-16)29-21(24-19)26(20(27)15-5-2-1-3-6-15)8-4-7-25-9-11-28-12-10-25/h13-15H,1-12H2. The van der Waals surface area contributed by atoms with Gasteiger partial charge in [-0.15, -0.1) is 0 Å². The van der Waals surface area contributed by atoms with Gasteiger partial charge < -0.3 is 4.74 Å². The summed E-state index contributed by atoms with van der Waals surface area (Å²) < 4.78 is 33.6. The molecular weight excluding hydrogens is 396 g/mol. The molecule has 8 heteroatoms. The molecule has 0 N–H and O–H groups in total. The number of nitrogens with zero attached hydrogens (tertiary/aromatic N) is 3. The molecule has 0 bridgehead atoms. The number of amides is 1. The second-order valence-corrected chi connectivity index (χ2v) is 8.87. The zero-order valence-electron chi connectivity index (χ0n) is 16.5. The van der Waals surface area contributed by atoms with Gasteiger partial charge in [-0.1, -0.05) is 30.6 Å². The number of halogens is 2. The number of rotatable bonds is 6. The van der Waals surface area contributed by atoms with Gasteiger partial charge in [0.15, 0.2) is 10.9 Å². The van der Waals surface area contributed by atoms with E-state index in [9.17, 15) is 13.6 Å². The summed E-state index contributed by atoms with van der Waals surface area (Å²) in [5, 5.41) is 0.474. The number of carbonyl (C=O) groups excluding carboxylic acids is 1. The van der Waals surface area contributed by atoms with E-state index in [-0.39, 0.29) is 17.3 Å². The van der Waals surface area contributed by atoms with Gasteiger partial charge in [-0.05, 0) is 25.3 Å². The number of benzene rings is 1. The topological polar surface area (TPSA) is 45.7 Å². The van der Waals surface area contributed by atoms with E-state index < -0.39 is 11.6 Å². The third kappa shape index (κ3) is 4.92. The molecule has 1 aromatic carbocycles. The van der Waals surface area contributed by atoms with Crippen LogP contribution in [-0.2, 0) is 9.53 Å². The van der Waals surface area contributed by atoms with Gasteiger partial charge in [-0.3, -0.25) is 14.6 Å². The Morgan fingerprint density at radius 2 is 1.97 bits per heavy atom. The maximum absolute atomic E-state index is 14.2. The monoisotopic (exact) mass is 423 g/mol. The van der Waals surface area contributed by atoms with Crippen molar-refractivity contribution >= 4 is 32.6 Å². The fourth-order valence-corrected chi connectivity index (χ4v) is 5.24. The molecule has 1 aromatic heterocycles. The average molecular weight is 424 g/mol. The summed E-state index contributed by atoms with van der Waals surface area (Å²) >= 11 is 1.19. The molecule has 1 saturated heterocycles. The van der Waals surface area contributed by atoms with Crippen molar-refractivity contribution in [1.82, 2.24) is 9.88 Å². The molecule has 0 atom stereocenters. The highest BCUT2D eigenvalue weighted by atomic mass is 32.1. The molecule has 4 rings (SSSR count). The van der Waals surface area contributed by atoms with Crippen LogP contribution in [0, 0.1) is 17.6 Å². The van der Waals surface area contributed by atoms with Crippen LogP contribution in [0.25, 0.3) is 10.2 Å². The zero-order chi connectivity index (χ0) is 20.2. The van der Waals surface area contributed by atoms with Gasteiger partial charge >= 0.3 is 0 Å². The minimum Gasteiger partial charge on any atom is -0.379 e. The van der Waals surface area contributed by atoms with Gasteiger partial charge in [0, 0.05) is 38.2 Å². The first-order valence-electron chi connectivity index (χ1n) is 10.5. The summed E-state index contributed by atoms with van der Waals surface area (Å²) in [7, 11) is 0. The number of morpholine rings is 1. The summed E-state index contributed by atoms with van der Waals surface area (Å²) in [6, 6.07) is 2.13. The van der Waals surface area contributed by atoms with Crippen LogP contribution in [0.5, 0.6) is 0 Å². The van der Waals surface area contributed by atoms with Gasteiger partial charge in [0.05, 0.1) is 17.9 Å². The molecule has 2 fully saturated rings. The fraction of sp³-hybridized carbons (Fsp3) is 0.619. The first kappa shape index (κ1) is 20.6. The lowest BCUT2D eigenvalue weighted by Gasteiger charge is -2.30. The predicted octanol–water partition coefficient (Wildman–Crippen LogP) is 4.21. The Morgan fingerprint density at radius 1 is 1.21 bits per heavy atom. The van der Waals surface area contributed by atoms with Crippen molar-refractivity contribution in [2.45, 2.75) is 38.5 Å². The highest BCUT2D eigenvalue weighted by Gasteiger charge is 2.29. The second kappa shape index (κ2) is 9.45. The molecule has 2 aromatic rings. The van der Waals surface area contributed by atoms with E-state index in [1.807, 2.05) is 0 Å². The molecule has 1 saturated carbocycles. The SMILES string of the molecule is O=C(C1CCCCC1)N(CCCN1CCOCC1)c1nc2c(F)cc(F)cc2s1. The van der Waals surface area contributed by atoms with Crippen molar-refractivity contribution in [3.8, 4) is 0 Å². The summed E-state index contributed by atoms with van der Waals surface area (Å²) in [5.74, 6) is -1.23. The van der Waals surface area contributed by atoms with Crippen LogP contribution < -0.4 is 4.90 Å². The zero-order valence-corrected chi connectivity index (χ0v) is 17.4. The summed E-state index contributed by atoms with van der Waals surface area (Å²) in [5.41, 5.74) is 0.140. The van der Waals surface area contributed by atoms with Gasteiger partial charge in [-0.2, -0.15) is 0 Å². The van der Waals surface area contributed by atoms with Gasteiger partial charge in [0.25, 0.3) is 0 Å². The Hall–Kier alpha value is -1.64. The Balaban J connectivity index is 1.53. The summed E-state index contributed by atoms with van der Waals surface area (Å²) in [6.45, 7) is 4.72. The van der Waals surface area contributed by atoms with Crippen LogP contribution in [-0.4, -0.2) is 55.2 Å². The van der Waals surface area contributed by atoms with Crippen molar-refractivity contribution in [1.29, 1.82) is 0 Å². The number of anilines is 1. The molecule has 158 valence electrons. The number of fused-ring (bicyclic) bond motifs is 1. The van der Waals surface area contributed by atoms with E-state index >= 15 is 0 Å². The minimum absolute atomic E-state index is 0.000678. The number of hydrogen-bond acceptors (Lipinski definition) is 5. The number of ether oxygens (including phenoxy) is 1. The Morgan fingerprint density at radius 3 is 2.72 bits per heavy atom. The molecular formula is C21H27F2N3O2S. The van der Waals surface area contributed by atoms with Crippen molar-refractivity contribution in [3.63, 3.8) is 0 Å². The molecule has 0 spiro atoms. The molecule has 1 aliphatic carbocycles. The highest BCUT2D eigenvalue weighted by molar-refractivity contribution is 7.22. The largest absolute Gasteiger partial charge is 0.379 e. The molecule has 2 aliphatic rings. The van der Waals surface area contributed by atoms with Crippen LogP contribution in [0.4, 0.5) is 13.9 Å². The van der Waals surface area contributed by atoms with Crippen LogP contribution in [0.1, 0.15) is 38.5 Å². The number of hydrogen-bond donors (Lipinski definition) is 0. The fourth-order valence-electron chi connectivity index (χ4n) is 4.21. The van der Waals surface area contributed by atoms with Crippen LogP contribution >= 0.6 is 11.3 Å². The van der Waals surface area contributed by atoms with Crippen LogP contribution in [0.2, 0.25) is 0 Å². The van der Waals surface area contributed by atoms with Crippen LogP contribution in [0.3, 0.4) is 0 Å². The van der Waals surface area contributed by atoms with E-state index in [0.717, 1.165) is 71.0 Å². The Bertz CT molecular complexity index is 848. The molecule has 1 amide bonds. The molecule has 1 aliphatic heterocycles. The molecule has 0 unspecified atom stereocenters. The lowest BCUT2D eigenvalue weighted by atomic mass is 9.88. The predicted molar refractivity (Wildman–Crippen MR) is 110 cm³/mol. The van der Waals surface area contributed by atoms with Crippen molar-refractivity contribution in [3.05, 3.63) is 23.8 Å². The van der Waals surface area contributed by atoms with Gasteiger partial charge in [0.2, 0.25) is 5.91 Å². The second-order valence-electron chi connectivity index (χ2n) is 7.86. The summed E-state index contributed by atoms with van der Waals surface area (Å²) in [6.07, 6.45) is 5.91. The summed E-state index contributed by atoms with van der Waals surface area (Å²) in [4.78, 5) is 21.7. The van der Waals surface area contributed by atoms with E-state index in [0.29, 0.717) is 16.4 Å². The molecule has 2 heterocycles. The van der Waals surface area contributed by atoms with E-state index in [2.05, 4.69) is 9.88 Å². The Labute approximate surface area is 173 Å². The highest BCUT2D eigenvalue weighted by Crippen LogP contribution is 2.34. The van der Waals surface area contributed by atoms with Gasteiger partial charge in [0.1, 0.15) is 11.3 Å². The lowest BCUT2D eigenvalue weighted by Crippen LogP contribution is -2.41. The smallest absolute Gasteiger partial charge is 0.231 e. The lowest BCUT2D eigenvalue weighted by molar-refractivity contribution is -0.123. The third-order valence-corrected chi connectivity index (χ3v) is 6.84. The number of thiazole rings is 1. The van der Waals surface area contributed by atoms with Gasteiger partial charge in [-0.25, -0.2) is 13.8 Å². The first-order valence-corrected chi connectivity index (χ1v) is 11.3. The number of aromatic nitrogens is 1. The molecule has 0 radical (unpaired) electrons. The van der Waals surface area contributed by atoms with Crippen molar-refractivity contribution < 1.29 is 18.3 Å². The van der Waals surface area contributed by atoms with E-state index in [4.69, 9.17) is 4.74 Å². The quantitative estimate of drug-likeness (QED) is 0.698. The normalized spacial score (nSPS) is 19.0. The molecule has 5 nitrogen and oxygen atoms in total. The van der Waals surface area contributed by atoms with Crippen molar-refractivity contribution in [2.24, 2.45) is 5.92 Å². The minimum atomic E-state index is -0.680. The number of carbonyl (C=O) groups is 1. The van der Waals surface area contributed by atoms with E-state index in [1.165, 1.54) is 23.8 Å². The Kier molecular flexibility index (Phi) is 6.72. The third-order valence-electron chi connectivity index (χ3n) is 5.81. The van der Waals surface area contributed by atoms with Crippen LogP contribution in [0.15, 0.2) is 12.1 Å². The van der Waals surface area contributed by atoms with Crippen molar-refractivity contribution in [2.75, 3.05) is 44.3 Å². The average Bonchev–Trinajstić information content (AvgIpc) is 3.16. The maximum atomic E-state index is 14.2. The molecule has 29 heavy (non-hydrogen) atoms. The first-order chi connectivity index (χ1) is 14.1. The van der Waals surface area contributed by atoms with E-state index in [1.54, 1.807) is 4.90 Å².